The topological polar surface area (TPSA) is 26.3 Å². The summed E-state index contributed by atoms with van der Waals surface area (Å²) in [4.78, 5) is 11.3. The minimum absolute atomic E-state index is 0.285. The molecule has 3 aromatic rings. The van der Waals surface area contributed by atoms with Crippen LogP contribution in [0.1, 0.15) is 15.9 Å². The molecule has 0 saturated heterocycles. The number of hydrogen-bond donors (Lipinski definition) is 0. The maximum atomic E-state index is 13.0. The van der Waals surface area contributed by atoms with E-state index in [1.807, 2.05) is 36.4 Å². The van der Waals surface area contributed by atoms with Crippen molar-refractivity contribution in [3.63, 3.8) is 0 Å². The van der Waals surface area contributed by atoms with Gasteiger partial charge in [0.1, 0.15) is 18.2 Å². The van der Waals surface area contributed by atoms with Gasteiger partial charge >= 0.3 is 0 Å². The summed E-state index contributed by atoms with van der Waals surface area (Å²) in [7, 11) is 0. The molecule has 0 aliphatic carbocycles. The van der Waals surface area contributed by atoms with Crippen LogP contribution in [0.3, 0.4) is 0 Å². The molecule has 3 rings (SSSR count). The van der Waals surface area contributed by atoms with Gasteiger partial charge in [0.15, 0.2) is 6.29 Å². The number of halogens is 1. The highest BCUT2D eigenvalue weighted by Crippen LogP contribution is 2.26. The fourth-order valence-corrected chi connectivity index (χ4v) is 2.33. The molecule has 0 aliphatic rings. The summed E-state index contributed by atoms with van der Waals surface area (Å²) >= 11 is 0. The second-order valence-corrected chi connectivity index (χ2v) is 5.15. The highest BCUT2D eigenvalue weighted by Gasteiger charge is 2.07. The van der Waals surface area contributed by atoms with Gasteiger partial charge in [-0.1, -0.05) is 48.5 Å². The van der Waals surface area contributed by atoms with E-state index in [1.165, 1.54) is 12.1 Å². The summed E-state index contributed by atoms with van der Waals surface area (Å²) in [6, 6.07) is 21.3. The van der Waals surface area contributed by atoms with Crippen molar-refractivity contribution in [2.45, 2.75) is 6.61 Å². The van der Waals surface area contributed by atoms with E-state index in [0.717, 1.165) is 23.0 Å². The molecule has 0 amide bonds. The Bertz CT molecular complexity index is 796. The third kappa shape index (κ3) is 3.64. The van der Waals surface area contributed by atoms with Crippen LogP contribution in [-0.4, -0.2) is 6.29 Å². The summed E-state index contributed by atoms with van der Waals surface area (Å²) in [6.45, 7) is 0.400. The van der Waals surface area contributed by atoms with Gasteiger partial charge in [-0.15, -0.1) is 0 Å². The Morgan fingerprint density at radius 2 is 1.57 bits per heavy atom. The molecule has 2 nitrogen and oxygen atoms in total. The second kappa shape index (κ2) is 6.88. The zero-order valence-electron chi connectivity index (χ0n) is 12.4. The lowest BCUT2D eigenvalue weighted by Crippen LogP contribution is -1.98. The molecule has 23 heavy (non-hydrogen) atoms. The summed E-state index contributed by atoms with van der Waals surface area (Å²) in [5.41, 5.74) is 3.21. The van der Waals surface area contributed by atoms with E-state index in [9.17, 15) is 9.18 Å². The predicted molar refractivity (Wildman–Crippen MR) is 88.0 cm³/mol. The van der Waals surface area contributed by atoms with Gasteiger partial charge in [-0.05, 0) is 41.0 Å². The largest absolute Gasteiger partial charge is 0.488 e. The van der Waals surface area contributed by atoms with Crippen LogP contribution in [0.15, 0.2) is 72.8 Å². The van der Waals surface area contributed by atoms with E-state index in [1.54, 1.807) is 24.3 Å². The van der Waals surface area contributed by atoms with Gasteiger partial charge in [-0.3, -0.25) is 4.79 Å². The average molecular weight is 306 g/mol. The van der Waals surface area contributed by atoms with Crippen LogP contribution in [0.2, 0.25) is 0 Å². The Morgan fingerprint density at radius 3 is 2.26 bits per heavy atom. The Labute approximate surface area is 134 Å². The first-order valence-electron chi connectivity index (χ1n) is 7.28. The summed E-state index contributed by atoms with van der Waals surface area (Å²) in [6.07, 6.45) is 0.771. The zero-order valence-corrected chi connectivity index (χ0v) is 12.4. The van der Waals surface area contributed by atoms with Crippen molar-refractivity contribution >= 4 is 6.29 Å². The third-order valence-electron chi connectivity index (χ3n) is 3.55. The van der Waals surface area contributed by atoms with Crippen molar-refractivity contribution in [1.82, 2.24) is 0 Å². The van der Waals surface area contributed by atoms with Gasteiger partial charge in [-0.2, -0.15) is 0 Å². The molecule has 0 spiro atoms. The van der Waals surface area contributed by atoms with Crippen LogP contribution in [0.4, 0.5) is 4.39 Å². The van der Waals surface area contributed by atoms with Crippen molar-refractivity contribution in [2.75, 3.05) is 0 Å². The maximum absolute atomic E-state index is 13.0. The summed E-state index contributed by atoms with van der Waals surface area (Å²) in [5.74, 6) is 0.252. The van der Waals surface area contributed by atoms with Crippen LogP contribution < -0.4 is 4.74 Å². The summed E-state index contributed by atoms with van der Waals surface area (Å²) in [5, 5.41) is 0. The molecule has 0 aliphatic heterocycles. The number of carbonyl (C=O) groups is 1. The van der Waals surface area contributed by atoms with Crippen molar-refractivity contribution in [1.29, 1.82) is 0 Å². The highest BCUT2D eigenvalue weighted by molar-refractivity contribution is 5.83. The first-order valence-corrected chi connectivity index (χ1v) is 7.28. The number of benzene rings is 3. The normalized spacial score (nSPS) is 10.3. The van der Waals surface area contributed by atoms with Crippen LogP contribution in [0.25, 0.3) is 11.1 Å². The number of hydrogen-bond acceptors (Lipinski definition) is 2. The molecule has 3 heteroatoms. The van der Waals surface area contributed by atoms with Gasteiger partial charge in [0.25, 0.3) is 0 Å². The van der Waals surface area contributed by atoms with Crippen molar-refractivity contribution in [3.05, 3.63) is 89.7 Å². The molecule has 114 valence electrons. The molecule has 0 fully saturated rings. The lowest BCUT2D eigenvalue weighted by molar-refractivity contribution is 0.111. The lowest BCUT2D eigenvalue weighted by Gasteiger charge is -2.10. The van der Waals surface area contributed by atoms with E-state index in [-0.39, 0.29) is 5.82 Å². The van der Waals surface area contributed by atoms with Gasteiger partial charge in [-0.25, -0.2) is 4.39 Å². The molecule has 0 heterocycles. The fraction of sp³-hybridized carbons (Fsp3) is 0.0500. The third-order valence-corrected chi connectivity index (χ3v) is 3.55. The minimum atomic E-state index is -0.285. The van der Waals surface area contributed by atoms with Gasteiger partial charge in [0, 0.05) is 0 Å². The van der Waals surface area contributed by atoms with E-state index in [2.05, 4.69) is 0 Å². The SMILES string of the molecule is O=Cc1cc(-c2ccc(F)cc2)ccc1OCc1ccccc1. The van der Waals surface area contributed by atoms with Crippen LogP contribution in [0.5, 0.6) is 5.75 Å². The Hall–Kier alpha value is -2.94. The van der Waals surface area contributed by atoms with Gasteiger partial charge < -0.3 is 4.74 Å². The zero-order chi connectivity index (χ0) is 16.1. The van der Waals surface area contributed by atoms with E-state index >= 15 is 0 Å². The smallest absolute Gasteiger partial charge is 0.153 e. The highest BCUT2D eigenvalue weighted by atomic mass is 19.1. The standard InChI is InChI=1S/C20H15FO2/c21-19-9-6-16(7-10-19)17-8-11-20(18(12-17)13-22)23-14-15-4-2-1-3-5-15/h1-13H,14H2. The molecule has 0 radical (unpaired) electrons. The van der Waals surface area contributed by atoms with E-state index < -0.39 is 0 Å². The maximum Gasteiger partial charge on any atom is 0.153 e. The molecule has 0 bridgehead atoms. The quantitative estimate of drug-likeness (QED) is 0.628. The molecule has 3 aromatic carbocycles. The Morgan fingerprint density at radius 1 is 0.870 bits per heavy atom. The van der Waals surface area contributed by atoms with Gasteiger partial charge in [0.05, 0.1) is 5.56 Å². The Balaban J connectivity index is 1.82. The van der Waals surface area contributed by atoms with E-state index in [0.29, 0.717) is 17.9 Å². The van der Waals surface area contributed by atoms with Crippen molar-refractivity contribution < 1.29 is 13.9 Å². The first-order chi connectivity index (χ1) is 11.3. The molecule has 0 unspecified atom stereocenters. The predicted octanol–water partition coefficient (Wildman–Crippen LogP) is 4.88. The lowest BCUT2D eigenvalue weighted by atomic mass is 10.0. The monoisotopic (exact) mass is 306 g/mol. The molecular weight excluding hydrogens is 291 g/mol. The average Bonchev–Trinajstić information content (AvgIpc) is 2.61. The van der Waals surface area contributed by atoms with Crippen LogP contribution >= 0.6 is 0 Å². The van der Waals surface area contributed by atoms with Crippen LogP contribution in [-0.2, 0) is 6.61 Å². The van der Waals surface area contributed by atoms with Crippen LogP contribution in [0, 0.1) is 5.82 Å². The van der Waals surface area contributed by atoms with Crippen molar-refractivity contribution in [3.8, 4) is 16.9 Å². The number of ether oxygens (including phenoxy) is 1. The fourth-order valence-electron chi connectivity index (χ4n) is 2.33. The molecule has 0 atom stereocenters. The molecule has 0 saturated carbocycles. The number of carbonyl (C=O) groups excluding carboxylic acids is 1. The van der Waals surface area contributed by atoms with E-state index in [4.69, 9.17) is 4.74 Å². The molecule has 0 aromatic heterocycles. The Kier molecular flexibility index (Phi) is 4.48. The number of aldehydes is 1. The molecular formula is C20H15FO2. The molecule has 0 N–H and O–H groups in total. The van der Waals surface area contributed by atoms with Gasteiger partial charge in [0.2, 0.25) is 0 Å². The first kappa shape index (κ1) is 15.0. The number of rotatable bonds is 5. The minimum Gasteiger partial charge on any atom is -0.488 e. The summed E-state index contributed by atoms with van der Waals surface area (Å²) < 4.78 is 18.7. The second-order valence-electron chi connectivity index (χ2n) is 5.15. The van der Waals surface area contributed by atoms with Crippen molar-refractivity contribution in [2.24, 2.45) is 0 Å².